The molecule has 0 N–H and O–H groups in total. The smallest absolute Gasteiger partial charge is 0.184 e. The Kier molecular flexibility index (Phi) is 3.71. The SMILES string of the molecule is O=C1CN=C2CCCc3c2c2c1cccc2n3CCN1CCOCC1. The number of ether oxygens (including phenoxy) is 1. The molecule has 0 radical (unpaired) electrons. The van der Waals surface area contributed by atoms with Crippen LogP contribution < -0.4 is 0 Å². The zero-order valence-electron chi connectivity index (χ0n) is 14.5. The Morgan fingerprint density at radius 1 is 1.12 bits per heavy atom. The molecule has 2 aromatic rings. The van der Waals surface area contributed by atoms with Crippen LogP contribution >= 0.6 is 0 Å². The van der Waals surface area contributed by atoms with Gasteiger partial charge in [-0.1, -0.05) is 12.1 Å². The molecule has 1 fully saturated rings. The highest BCUT2D eigenvalue weighted by Gasteiger charge is 2.29. The van der Waals surface area contributed by atoms with Gasteiger partial charge >= 0.3 is 0 Å². The van der Waals surface area contributed by atoms with E-state index in [1.807, 2.05) is 12.1 Å². The van der Waals surface area contributed by atoms with Crippen LogP contribution in [-0.4, -0.2) is 60.4 Å². The highest BCUT2D eigenvalue weighted by atomic mass is 16.5. The predicted octanol–water partition coefficient (Wildman–Crippen LogP) is 2.30. The molecule has 130 valence electrons. The first-order valence-electron chi connectivity index (χ1n) is 9.34. The fourth-order valence-corrected chi connectivity index (χ4v) is 4.54. The van der Waals surface area contributed by atoms with Crippen molar-refractivity contribution in [2.45, 2.75) is 25.8 Å². The van der Waals surface area contributed by atoms with E-state index in [-0.39, 0.29) is 5.78 Å². The number of aliphatic imine (C=N–C) groups is 1. The lowest BCUT2D eigenvalue weighted by Crippen LogP contribution is -2.38. The second-order valence-corrected chi connectivity index (χ2v) is 7.17. The summed E-state index contributed by atoms with van der Waals surface area (Å²) >= 11 is 0. The fraction of sp³-hybridized carbons (Fsp3) is 0.500. The topological polar surface area (TPSA) is 46.8 Å². The van der Waals surface area contributed by atoms with Gasteiger partial charge in [0.05, 0.1) is 13.2 Å². The van der Waals surface area contributed by atoms with Gasteiger partial charge in [0.25, 0.3) is 0 Å². The third-order valence-electron chi connectivity index (χ3n) is 5.77. The molecule has 1 saturated heterocycles. The van der Waals surface area contributed by atoms with Gasteiger partial charge in [-0.3, -0.25) is 14.7 Å². The predicted molar refractivity (Wildman–Crippen MR) is 97.9 cm³/mol. The Balaban J connectivity index is 1.61. The number of carbonyl (C=O) groups excluding carboxylic acids is 1. The van der Waals surface area contributed by atoms with Crippen molar-refractivity contribution in [1.82, 2.24) is 9.47 Å². The maximum atomic E-state index is 12.6. The largest absolute Gasteiger partial charge is 0.379 e. The third-order valence-corrected chi connectivity index (χ3v) is 5.77. The summed E-state index contributed by atoms with van der Waals surface area (Å²) in [6, 6.07) is 6.17. The number of hydrogen-bond donors (Lipinski definition) is 0. The molecule has 3 aliphatic rings. The molecular weight excluding hydrogens is 314 g/mol. The maximum Gasteiger partial charge on any atom is 0.184 e. The first-order valence-corrected chi connectivity index (χ1v) is 9.34. The van der Waals surface area contributed by atoms with Crippen LogP contribution in [0.15, 0.2) is 23.2 Å². The van der Waals surface area contributed by atoms with Crippen molar-refractivity contribution in [2.24, 2.45) is 4.99 Å². The minimum absolute atomic E-state index is 0.153. The first-order chi connectivity index (χ1) is 12.3. The van der Waals surface area contributed by atoms with Crippen LogP contribution in [0.25, 0.3) is 10.9 Å². The summed E-state index contributed by atoms with van der Waals surface area (Å²) in [5.74, 6) is 0.153. The normalized spacial score (nSPS) is 20.6. The second kappa shape index (κ2) is 6.07. The molecule has 0 unspecified atom stereocenters. The molecule has 1 aromatic carbocycles. The molecule has 5 nitrogen and oxygen atoms in total. The maximum absolute atomic E-state index is 12.6. The van der Waals surface area contributed by atoms with Crippen molar-refractivity contribution in [2.75, 3.05) is 39.4 Å². The summed E-state index contributed by atoms with van der Waals surface area (Å²) in [5.41, 5.74) is 5.87. The van der Waals surface area contributed by atoms with Gasteiger partial charge in [-0.15, -0.1) is 0 Å². The van der Waals surface area contributed by atoms with Crippen LogP contribution in [0, 0.1) is 0 Å². The lowest BCUT2D eigenvalue weighted by molar-refractivity contribution is 0.0364. The van der Waals surface area contributed by atoms with Crippen molar-refractivity contribution in [3.05, 3.63) is 35.0 Å². The van der Waals surface area contributed by atoms with Gasteiger partial charge in [-0.25, -0.2) is 0 Å². The van der Waals surface area contributed by atoms with Crippen molar-refractivity contribution in [3.63, 3.8) is 0 Å². The van der Waals surface area contributed by atoms with E-state index in [1.165, 1.54) is 16.8 Å². The minimum atomic E-state index is 0.153. The standard InChI is InChI=1S/C20H23N3O2/c24-18-13-21-15-4-2-6-17-20(15)19-14(18)3-1-5-16(19)23(17)8-7-22-9-11-25-12-10-22/h1,3,5H,2,4,6-13H2. The Bertz CT molecular complexity index is 875. The van der Waals surface area contributed by atoms with Crippen molar-refractivity contribution < 1.29 is 9.53 Å². The number of Topliss-reactive ketones (excluding diaryl/α,β-unsaturated/α-hetero) is 1. The van der Waals surface area contributed by atoms with Gasteiger partial charge in [-0.05, 0) is 25.3 Å². The van der Waals surface area contributed by atoms with E-state index in [1.54, 1.807) is 0 Å². The summed E-state index contributed by atoms with van der Waals surface area (Å²) in [4.78, 5) is 19.7. The van der Waals surface area contributed by atoms with E-state index in [0.717, 1.165) is 75.3 Å². The summed E-state index contributed by atoms with van der Waals surface area (Å²) in [5, 5.41) is 1.15. The van der Waals surface area contributed by atoms with Crippen LogP contribution in [0.4, 0.5) is 0 Å². The first kappa shape index (κ1) is 15.3. The number of ketones is 1. The number of rotatable bonds is 3. The van der Waals surface area contributed by atoms with E-state index >= 15 is 0 Å². The zero-order chi connectivity index (χ0) is 16.8. The van der Waals surface area contributed by atoms with Crippen LogP contribution in [0.5, 0.6) is 0 Å². The van der Waals surface area contributed by atoms with Gasteiger partial charge in [0.1, 0.15) is 6.54 Å². The lowest BCUT2D eigenvalue weighted by atomic mass is 9.92. The monoisotopic (exact) mass is 337 g/mol. The third kappa shape index (κ3) is 2.45. The van der Waals surface area contributed by atoms with E-state index in [4.69, 9.17) is 4.74 Å². The van der Waals surface area contributed by atoms with Gasteiger partial charge in [0, 0.05) is 59.6 Å². The van der Waals surface area contributed by atoms with E-state index < -0.39 is 0 Å². The number of benzene rings is 1. The number of hydrogen-bond acceptors (Lipinski definition) is 4. The molecule has 5 rings (SSSR count). The summed E-state index contributed by atoms with van der Waals surface area (Å²) in [6.45, 7) is 5.99. The van der Waals surface area contributed by atoms with Gasteiger partial charge in [0.15, 0.2) is 5.78 Å². The Morgan fingerprint density at radius 3 is 2.88 bits per heavy atom. The zero-order valence-corrected chi connectivity index (χ0v) is 14.5. The highest BCUT2D eigenvalue weighted by molar-refractivity contribution is 6.22. The molecule has 2 aliphatic heterocycles. The highest BCUT2D eigenvalue weighted by Crippen LogP contribution is 2.36. The molecule has 0 spiro atoms. The number of aromatic nitrogens is 1. The molecule has 0 amide bonds. The van der Waals surface area contributed by atoms with Crippen LogP contribution in [-0.2, 0) is 17.7 Å². The summed E-state index contributed by atoms with van der Waals surface area (Å²) in [7, 11) is 0. The average molecular weight is 337 g/mol. The van der Waals surface area contributed by atoms with Crippen LogP contribution in [0.1, 0.15) is 34.5 Å². The Labute approximate surface area is 147 Å². The number of morpholine rings is 1. The number of nitrogens with zero attached hydrogens (tertiary/aromatic N) is 3. The molecule has 3 heterocycles. The minimum Gasteiger partial charge on any atom is -0.379 e. The number of carbonyl (C=O) groups is 1. The van der Waals surface area contributed by atoms with E-state index in [0.29, 0.717) is 6.54 Å². The van der Waals surface area contributed by atoms with Crippen LogP contribution in [0.2, 0.25) is 0 Å². The van der Waals surface area contributed by atoms with Gasteiger partial charge in [0.2, 0.25) is 0 Å². The molecule has 0 saturated carbocycles. The molecule has 0 bridgehead atoms. The average Bonchev–Trinajstić information content (AvgIpc) is 2.91. The summed E-state index contributed by atoms with van der Waals surface area (Å²) in [6.07, 6.45) is 3.21. The van der Waals surface area contributed by atoms with Gasteiger partial charge < -0.3 is 9.30 Å². The molecule has 0 atom stereocenters. The van der Waals surface area contributed by atoms with Crippen molar-refractivity contribution in [3.8, 4) is 0 Å². The molecule has 25 heavy (non-hydrogen) atoms. The Hall–Kier alpha value is -1.98. The van der Waals surface area contributed by atoms with Crippen molar-refractivity contribution in [1.29, 1.82) is 0 Å². The fourth-order valence-electron chi connectivity index (χ4n) is 4.54. The van der Waals surface area contributed by atoms with Crippen molar-refractivity contribution >= 4 is 22.4 Å². The van der Waals surface area contributed by atoms with Gasteiger partial charge in [-0.2, -0.15) is 0 Å². The second-order valence-electron chi connectivity index (χ2n) is 7.17. The molecular formula is C20H23N3O2. The lowest BCUT2D eigenvalue weighted by Gasteiger charge is -2.27. The van der Waals surface area contributed by atoms with E-state index in [9.17, 15) is 4.79 Å². The molecule has 5 heteroatoms. The molecule has 1 aromatic heterocycles. The molecule has 1 aliphatic carbocycles. The quantitative estimate of drug-likeness (QED) is 0.863. The summed E-state index contributed by atoms with van der Waals surface area (Å²) < 4.78 is 7.91. The van der Waals surface area contributed by atoms with Crippen LogP contribution in [0.3, 0.4) is 0 Å². The Morgan fingerprint density at radius 2 is 2.00 bits per heavy atom. The van der Waals surface area contributed by atoms with E-state index in [2.05, 4.69) is 20.5 Å².